The second-order valence-corrected chi connectivity index (χ2v) is 4.77. The van der Waals surface area contributed by atoms with Crippen molar-refractivity contribution in [2.75, 3.05) is 20.8 Å². The summed E-state index contributed by atoms with van der Waals surface area (Å²) in [5.74, 6) is 1.85. The quantitative estimate of drug-likeness (QED) is 0.572. The molecule has 0 aliphatic heterocycles. The van der Waals surface area contributed by atoms with E-state index in [0.29, 0.717) is 23.7 Å². The maximum Gasteiger partial charge on any atom is 0.185 e. The molecular weight excluding hydrogens is 292 g/mol. The maximum atomic E-state index is 12.2. The first-order chi connectivity index (χ1) is 11.2. The van der Waals surface area contributed by atoms with Crippen LogP contribution in [0.2, 0.25) is 0 Å². The van der Waals surface area contributed by atoms with E-state index < -0.39 is 0 Å². The maximum absolute atomic E-state index is 12.2. The highest BCUT2D eigenvalue weighted by Gasteiger charge is 2.08. The van der Waals surface area contributed by atoms with Crippen molar-refractivity contribution >= 4 is 11.9 Å². The lowest BCUT2D eigenvalue weighted by atomic mass is 10.1. The number of carbonyl (C=O) groups excluding carboxylic acids is 1. The number of carbonyl (C=O) groups is 1. The molecule has 4 heteroatoms. The van der Waals surface area contributed by atoms with E-state index in [-0.39, 0.29) is 5.78 Å². The average molecular weight is 312 g/mol. The summed E-state index contributed by atoms with van der Waals surface area (Å²) >= 11 is 0. The Bertz CT molecular complexity index is 687. The molecule has 0 saturated heterocycles. The van der Waals surface area contributed by atoms with Gasteiger partial charge in [-0.3, -0.25) is 4.79 Å². The molecule has 120 valence electrons. The first-order valence-electron chi connectivity index (χ1n) is 7.35. The van der Waals surface area contributed by atoms with Crippen LogP contribution in [0.25, 0.3) is 6.08 Å². The second-order valence-electron chi connectivity index (χ2n) is 4.77. The highest BCUT2D eigenvalue weighted by atomic mass is 16.5. The third-order valence-electron chi connectivity index (χ3n) is 3.29. The molecule has 2 aromatic rings. The Morgan fingerprint density at radius 1 is 1.00 bits per heavy atom. The van der Waals surface area contributed by atoms with Gasteiger partial charge in [0.25, 0.3) is 0 Å². The Balaban J connectivity index is 2.11. The van der Waals surface area contributed by atoms with Gasteiger partial charge < -0.3 is 14.2 Å². The van der Waals surface area contributed by atoms with Crippen LogP contribution < -0.4 is 14.2 Å². The van der Waals surface area contributed by atoms with Gasteiger partial charge >= 0.3 is 0 Å². The average Bonchev–Trinajstić information content (AvgIpc) is 2.60. The van der Waals surface area contributed by atoms with E-state index in [1.54, 1.807) is 38.5 Å². The lowest BCUT2D eigenvalue weighted by Gasteiger charge is -2.08. The van der Waals surface area contributed by atoms with Gasteiger partial charge in [0, 0.05) is 5.56 Å². The first-order valence-corrected chi connectivity index (χ1v) is 7.35. The Hall–Kier alpha value is -2.75. The molecule has 23 heavy (non-hydrogen) atoms. The molecule has 0 N–H and O–H groups in total. The number of methoxy groups -OCH3 is 2. The number of hydrogen-bond donors (Lipinski definition) is 0. The zero-order valence-corrected chi connectivity index (χ0v) is 13.5. The molecule has 2 rings (SSSR count). The van der Waals surface area contributed by atoms with Gasteiger partial charge in [0.1, 0.15) is 5.75 Å². The predicted octanol–water partition coefficient (Wildman–Crippen LogP) is 4.00. The number of rotatable bonds is 7. The highest BCUT2D eigenvalue weighted by Crippen LogP contribution is 2.27. The number of ether oxygens (including phenoxy) is 3. The smallest absolute Gasteiger partial charge is 0.185 e. The van der Waals surface area contributed by atoms with E-state index in [9.17, 15) is 4.79 Å². The predicted molar refractivity (Wildman–Crippen MR) is 90.5 cm³/mol. The van der Waals surface area contributed by atoms with Crippen LogP contribution in [0.15, 0.2) is 48.5 Å². The summed E-state index contributed by atoms with van der Waals surface area (Å²) in [7, 11) is 3.10. The normalized spacial score (nSPS) is 10.6. The van der Waals surface area contributed by atoms with E-state index in [2.05, 4.69) is 0 Å². The summed E-state index contributed by atoms with van der Waals surface area (Å²) in [6, 6.07) is 12.7. The molecule has 2 aromatic carbocycles. The van der Waals surface area contributed by atoms with E-state index in [4.69, 9.17) is 14.2 Å². The highest BCUT2D eigenvalue weighted by molar-refractivity contribution is 6.07. The summed E-state index contributed by atoms with van der Waals surface area (Å²) in [5.41, 5.74) is 1.48. The number of benzene rings is 2. The third kappa shape index (κ3) is 4.36. The van der Waals surface area contributed by atoms with Gasteiger partial charge in [0.15, 0.2) is 17.3 Å². The first kappa shape index (κ1) is 16.6. The van der Waals surface area contributed by atoms with Crippen LogP contribution in [-0.2, 0) is 0 Å². The van der Waals surface area contributed by atoms with Crippen molar-refractivity contribution in [1.82, 2.24) is 0 Å². The second kappa shape index (κ2) is 8.03. The number of hydrogen-bond acceptors (Lipinski definition) is 4. The van der Waals surface area contributed by atoms with Crippen molar-refractivity contribution in [3.05, 3.63) is 59.7 Å². The van der Waals surface area contributed by atoms with E-state index in [1.807, 2.05) is 31.2 Å². The Morgan fingerprint density at radius 2 is 1.70 bits per heavy atom. The molecule has 0 bridgehead atoms. The Kier molecular flexibility index (Phi) is 5.80. The third-order valence-corrected chi connectivity index (χ3v) is 3.29. The lowest BCUT2D eigenvalue weighted by molar-refractivity contribution is 0.104. The van der Waals surface area contributed by atoms with Crippen LogP contribution in [0.4, 0.5) is 0 Å². The minimum Gasteiger partial charge on any atom is -0.494 e. The lowest BCUT2D eigenvalue weighted by Crippen LogP contribution is -1.97. The summed E-state index contributed by atoms with van der Waals surface area (Å²) < 4.78 is 15.8. The minimum absolute atomic E-state index is 0.0974. The van der Waals surface area contributed by atoms with Crippen LogP contribution in [0.3, 0.4) is 0 Å². The van der Waals surface area contributed by atoms with Crippen molar-refractivity contribution in [1.29, 1.82) is 0 Å². The fourth-order valence-electron chi connectivity index (χ4n) is 2.10. The van der Waals surface area contributed by atoms with Gasteiger partial charge in [-0.2, -0.15) is 0 Å². The topological polar surface area (TPSA) is 44.8 Å². The molecule has 4 nitrogen and oxygen atoms in total. The Labute approximate surface area is 136 Å². The summed E-state index contributed by atoms with van der Waals surface area (Å²) in [5, 5.41) is 0. The number of allylic oxidation sites excluding steroid dienone is 1. The molecule has 0 aromatic heterocycles. The zero-order valence-electron chi connectivity index (χ0n) is 13.5. The van der Waals surface area contributed by atoms with Crippen molar-refractivity contribution < 1.29 is 19.0 Å². The van der Waals surface area contributed by atoms with Gasteiger partial charge in [-0.15, -0.1) is 0 Å². The summed E-state index contributed by atoms with van der Waals surface area (Å²) in [4.78, 5) is 12.2. The fourth-order valence-corrected chi connectivity index (χ4v) is 2.10. The van der Waals surface area contributed by atoms with Crippen molar-refractivity contribution in [2.24, 2.45) is 0 Å². The zero-order chi connectivity index (χ0) is 16.7. The number of ketones is 1. The van der Waals surface area contributed by atoms with E-state index in [1.165, 1.54) is 6.08 Å². The minimum atomic E-state index is -0.0974. The van der Waals surface area contributed by atoms with Crippen LogP contribution in [-0.4, -0.2) is 26.6 Å². The monoisotopic (exact) mass is 312 g/mol. The van der Waals surface area contributed by atoms with Crippen LogP contribution >= 0.6 is 0 Å². The van der Waals surface area contributed by atoms with Gasteiger partial charge in [-0.1, -0.05) is 18.2 Å². The standard InChI is InChI=1S/C19H20O4/c1-4-23-16-9-5-14(6-10-16)7-11-17(20)15-8-12-18(21-2)19(13-15)22-3/h5-13H,4H2,1-3H3. The van der Waals surface area contributed by atoms with Gasteiger partial charge in [0.2, 0.25) is 0 Å². The molecule has 0 atom stereocenters. The Morgan fingerprint density at radius 3 is 2.30 bits per heavy atom. The van der Waals surface area contributed by atoms with E-state index in [0.717, 1.165) is 11.3 Å². The fraction of sp³-hybridized carbons (Fsp3) is 0.211. The molecule has 0 spiro atoms. The molecular formula is C19H20O4. The van der Waals surface area contributed by atoms with Gasteiger partial charge in [0.05, 0.1) is 20.8 Å². The summed E-state index contributed by atoms with van der Waals surface area (Å²) in [6.07, 6.45) is 3.31. The molecule has 0 aliphatic rings. The van der Waals surface area contributed by atoms with E-state index >= 15 is 0 Å². The molecule has 0 saturated carbocycles. The summed E-state index contributed by atoms with van der Waals surface area (Å²) in [6.45, 7) is 2.57. The van der Waals surface area contributed by atoms with Gasteiger partial charge in [-0.05, 0) is 48.9 Å². The van der Waals surface area contributed by atoms with Crippen molar-refractivity contribution in [3.63, 3.8) is 0 Å². The van der Waals surface area contributed by atoms with Crippen LogP contribution in [0, 0.1) is 0 Å². The van der Waals surface area contributed by atoms with Crippen molar-refractivity contribution in [3.8, 4) is 17.2 Å². The molecule has 0 heterocycles. The molecule has 0 fully saturated rings. The molecule has 0 amide bonds. The molecule has 0 aliphatic carbocycles. The van der Waals surface area contributed by atoms with Crippen LogP contribution in [0.5, 0.6) is 17.2 Å². The molecule has 0 unspecified atom stereocenters. The van der Waals surface area contributed by atoms with Crippen LogP contribution in [0.1, 0.15) is 22.8 Å². The van der Waals surface area contributed by atoms with Gasteiger partial charge in [-0.25, -0.2) is 0 Å². The largest absolute Gasteiger partial charge is 0.494 e. The molecule has 0 radical (unpaired) electrons. The SMILES string of the molecule is CCOc1ccc(C=CC(=O)c2ccc(OC)c(OC)c2)cc1. The van der Waals surface area contributed by atoms with Crippen molar-refractivity contribution in [2.45, 2.75) is 6.92 Å².